The van der Waals surface area contributed by atoms with Gasteiger partial charge in [-0.25, -0.2) is 0 Å². The Morgan fingerprint density at radius 1 is 1.33 bits per heavy atom. The third-order valence-corrected chi connectivity index (χ3v) is 3.08. The normalized spacial score (nSPS) is 16.7. The molecule has 106 valence electrons. The van der Waals surface area contributed by atoms with Gasteiger partial charge in [0.05, 0.1) is 13.0 Å². The summed E-state index contributed by atoms with van der Waals surface area (Å²) in [6, 6.07) is 0. The predicted molar refractivity (Wildman–Crippen MR) is 67.7 cm³/mol. The molecule has 0 bridgehead atoms. The molecule has 0 N–H and O–H groups in total. The maximum atomic E-state index is 12.5. The summed E-state index contributed by atoms with van der Waals surface area (Å²) in [7, 11) is 0. The van der Waals surface area contributed by atoms with E-state index >= 15 is 0 Å². The largest absolute Gasteiger partial charge is 0.466 e. The van der Waals surface area contributed by atoms with E-state index in [1.807, 2.05) is 0 Å². The van der Waals surface area contributed by atoms with E-state index in [2.05, 4.69) is 15.9 Å². The number of esters is 1. The van der Waals surface area contributed by atoms with Gasteiger partial charge in [-0.2, -0.15) is 13.2 Å². The smallest absolute Gasteiger partial charge is 0.421 e. The summed E-state index contributed by atoms with van der Waals surface area (Å²) in [6.45, 7) is 5.14. The fourth-order valence-electron chi connectivity index (χ4n) is 1.07. The molecular formula is C11H15BrClF3O2. The minimum Gasteiger partial charge on any atom is -0.466 e. The van der Waals surface area contributed by atoms with Crippen molar-refractivity contribution in [3.63, 3.8) is 0 Å². The molecule has 0 radical (unpaired) electrons. The van der Waals surface area contributed by atoms with Crippen molar-refractivity contribution in [2.75, 3.05) is 6.61 Å². The molecule has 0 spiro atoms. The fourth-order valence-corrected chi connectivity index (χ4v) is 1.26. The Labute approximate surface area is 118 Å². The van der Waals surface area contributed by atoms with Gasteiger partial charge in [-0.3, -0.25) is 4.79 Å². The summed E-state index contributed by atoms with van der Waals surface area (Å²) in [5.74, 6) is -0.464. The highest BCUT2D eigenvalue weighted by Crippen LogP contribution is 2.43. The van der Waals surface area contributed by atoms with Crippen LogP contribution in [-0.4, -0.2) is 22.5 Å². The molecule has 0 aliphatic rings. The third-order valence-electron chi connectivity index (χ3n) is 2.03. The number of ether oxygens (including phenoxy) is 1. The van der Waals surface area contributed by atoms with Crippen molar-refractivity contribution < 1.29 is 22.7 Å². The molecule has 0 aliphatic heterocycles. The second-order valence-electron chi connectivity index (χ2n) is 4.42. The number of hydrogen-bond acceptors (Lipinski definition) is 2. The van der Waals surface area contributed by atoms with E-state index in [1.54, 1.807) is 20.8 Å². The van der Waals surface area contributed by atoms with Gasteiger partial charge in [-0.1, -0.05) is 47.5 Å². The predicted octanol–water partition coefficient (Wildman–Crippen LogP) is 4.41. The zero-order chi connectivity index (χ0) is 14.6. The van der Waals surface area contributed by atoms with E-state index in [9.17, 15) is 18.0 Å². The van der Waals surface area contributed by atoms with Gasteiger partial charge in [0.2, 0.25) is 3.78 Å². The summed E-state index contributed by atoms with van der Waals surface area (Å²) in [5, 5.41) is 0. The van der Waals surface area contributed by atoms with Crippen molar-refractivity contribution in [3.05, 3.63) is 12.2 Å². The second kappa shape index (κ2) is 6.28. The number of carbonyl (C=O) groups excluding carboxylic acids is 1. The Morgan fingerprint density at radius 3 is 2.22 bits per heavy atom. The fraction of sp³-hybridized carbons (Fsp3) is 0.727. The lowest BCUT2D eigenvalue weighted by atomic mass is 9.88. The van der Waals surface area contributed by atoms with Crippen LogP contribution in [0, 0.1) is 5.41 Å². The Hall–Kier alpha value is -0.230. The van der Waals surface area contributed by atoms with Crippen LogP contribution >= 0.6 is 27.5 Å². The maximum Gasteiger partial charge on any atom is 0.421 e. The van der Waals surface area contributed by atoms with Crippen molar-refractivity contribution in [2.45, 2.75) is 37.2 Å². The summed E-state index contributed by atoms with van der Waals surface area (Å²) in [4.78, 5) is 11.3. The first-order valence-electron chi connectivity index (χ1n) is 5.22. The van der Waals surface area contributed by atoms with Gasteiger partial charge < -0.3 is 4.74 Å². The minimum absolute atomic E-state index is 0.0187. The van der Waals surface area contributed by atoms with E-state index in [4.69, 9.17) is 16.3 Å². The molecule has 0 aromatic rings. The zero-order valence-corrected chi connectivity index (χ0v) is 12.6. The molecule has 0 aliphatic carbocycles. The topological polar surface area (TPSA) is 26.3 Å². The second-order valence-corrected chi connectivity index (χ2v) is 6.73. The van der Waals surface area contributed by atoms with Crippen molar-refractivity contribution in [1.29, 1.82) is 0 Å². The van der Waals surface area contributed by atoms with Crippen LogP contribution in [-0.2, 0) is 9.53 Å². The molecule has 0 saturated carbocycles. The number of halogens is 5. The average molecular weight is 352 g/mol. The number of allylic oxidation sites excluding steroid dienone is 2. The molecule has 0 aromatic heterocycles. The molecule has 1 atom stereocenters. The molecule has 2 nitrogen and oxygen atoms in total. The van der Waals surface area contributed by atoms with Gasteiger partial charge >= 0.3 is 12.1 Å². The Bertz CT molecular complexity index is 325. The standard InChI is InChI=1S/C11H15BrClF3O2/c1-4-18-8(17)7-9(2,3)5-6-10(12,13)11(14,15)16/h5-6H,4,7H2,1-3H3. The number of carbonyl (C=O) groups is 1. The molecule has 1 unspecified atom stereocenters. The lowest BCUT2D eigenvalue weighted by Crippen LogP contribution is -2.31. The van der Waals surface area contributed by atoms with Crippen LogP contribution in [0.25, 0.3) is 0 Å². The monoisotopic (exact) mass is 350 g/mol. The lowest BCUT2D eigenvalue weighted by Gasteiger charge is -2.23. The molecule has 0 heterocycles. The van der Waals surface area contributed by atoms with Crippen molar-refractivity contribution >= 4 is 33.5 Å². The quantitative estimate of drug-likeness (QED) is 0.416. The molecular weight excluding hydrogens is 336 g/mol. The van der Waals surface area contributed by atoms with Gasteiger partial charge in [-0.05, 0) is 18.4 Å². The van der Waals surface area contributed by atoms with E-state index in [0.717, 1.165) is 6.08 Å². The van der Waals surface area contributed by atoms with Gasteiger partial charge in [-0.15, -0.1) is 0 Å². The van der Waals surface area contributed by atoms with Crippen LogP contribution in [0.15, 0.2) is 12.2 Å². The Balaban J connectivity index is 4.72. The molecule has 0 saturated heterocycles. The Kier molecular flexibility index (Phi) is 6.20. The first-order valence-corrected chi connectivity index (χ1v) is 6.39. The number of hydrogen-bond donors (Lipinski definition) is 0. The van der Waals surface area contributed by atoms with Crippen LogP contribution in [0.5, 0.6) is 0 Å². The van der Waals surface area contributed by atoms with Crippen LogP contribution in [0.4, 0.5) is 13.2 Å². The van der Waals surface area contributed by atoms with Gasteiger partial charge in [0.1, 0.15) is 0 Å². The molecule has 0 rings (SSSR count). The highest BCUT2D eigenvalue weighted by molar-refractivity contribution is 9.10. The summed E-state index contributed by atoms with van der Waals surface area (Å²) < 4.78 is 39.5. The van der Waals surface area contributed by atoms with Crippen molar-refractivity contribution in [1.82, 2.24) is 0 Å². The lowest BCUT2D eigenvalue weighted by molar-refractivity contribution is -0.144. The SMILES string of the molecule is CCOC(=O)CC(C)(C)C=CC(Cl)(Br)C(F)(F)F. The number of alkyl halides is 5. The summed E-state index contributed by atoms with van der Waals surface area (Å²) >= 11 is 7.69. The van der Waals surface area contributed by atoms with E-state index < -0.39 is 21.3 Å². The van der Waals surface area contributed by atoms with Crippen LogP contribution in [0.3, 0.4) is 0 Å². The van der Waals surface area contributed by atoms with Gasteiger partial charge in [0.15, 0.2) is 0 Å². The maximum absolute atomic E-state index is 12.5. The Morgan fingerprint density at radius 2 is 1.83 bits per heavy atom. The van der Waals surface area contributed by atoms with E-state index in [-0.39, 0.29) is 13.0 Å². The average Bonchev–Trinajstić information content (AvgIpc) is 2.13. The van der Waals surface area contributed by atoms with Gasteiger partial charge in [0.25, 0.3) is 0 Å². The summed E-state index contributed by atoms with van der Waals surface area (Å²) in [6.07, 6.45) is -2.60. The van der Waals surface area contributed by atoms with Crippen molar-refractivity contribution in [3.8, 4) is 0 Å². The van der Waals surface area contributed by atoms with E-state index in [1.165, 1.54) is 6.08 Å². The molecule has 0 fully saturated rings. The minimum atomic E-state index is -4.62. The molecule has 18 heavy (non-hydrogen) atoms. The van der Waals surface area contributed by atoms with Crippen molar-refractivity contribution in [2.24, 2.45) is 5.41 Å². The van der Waals surface area contributed by atoms with Gasteiger partial charge in [0, 0.05) is 0 Å². The molecule has 0 aromatic carbocycles. The summed E-state index contributed by atoms with van der Waals surface area (Å²) in [5.41, 5.74) is -0.772. The number of rotatable bonds is 5. The zero-order valence-electron chi connectivity index (χ0n) is 10.3. The first-order chi connectivity index (χ1) is 7.91. The van der Waals surface area contributed by atoms with Crippen LogP contribution < -0.4 is 0 Å². The van der Waals surface area contributed by atoms with E-state index in [0.29, 0.717) is 0 Å². The highest BCUT2D eigenvalue weighted by Gasteiger charge is 2.50. The third kappa shape index (κ3) is 6.09. The highest BCUT2D eigenvalue weighted by atomic mass is 79.9. The van der Waals surface area contributed by atoms with Crippen LogP contribution in [0.2, 0.25) is 0 Å². The molecule has 0 amide bonds. The first kappa shape index (κ1) is 17.8. The molecule has 7 heteroatoms. The van der Waals surface area contributed by atoms with Crippen LogP contribution in [0.1, 0.15) is 27.2 Å².